The van der Waals surface area contributed by atoms with Gasteiger partial charge in [-0.1, -0.05) is 12.1 Å². The van der Waals surface area contributed by atoms with Crippen molar-refractivity contribution in [3.05, 3.63) is 45.9 Å². The minimum absolute atomic E-state index is 0.0462. The number of hydrogen-bond donors (Lipinski definition) is 2. The van der Waals surface area contributed by atoms with Crippen molar-refractivity contribution in [2.24, 2.45) is 4.99 Å². The molecule has 5 nitrogen and oxygen atoms in total. The molecule has 154 valence electrons. The first-order chi connectivity index (χ1) is 13.3. The highest BCUT2D eigenvalue weighted by atomic mass is 32.1. The van der Waals surface area contributed by atoms with Crippen LogP contribution in [0.5, 0.6) is 5.75 Å². The van der Waals surface area contributed by atoms with E-state index in [1.165, 1.54) is 12.1 Å². The van der Waals surface area contributed by atoms with Crippen LogP contribution in [0.25, 0.3) is 0 Å². The predicted octanol–water partition coefficient (Wildman–Crippen LogP) is 4.06. The molecular weight excluding hydrogens is 403 g/mol. The summed E-state index contributed by atoms with van der Waals surface area (Å²) in [6.07, 6.45) is -4.13. The molecule has 1 aromatic heterocycles. The van der Waals surface area contributed by atoms with Crippen molar-refractivity contribution < 1.29 is 26.7 Å². The lowest BCUT2D eigenvalue weighted by atomic mass is 10.2. The summed E-state index contributed by atoms with van der Waals surface area (Å²) in [5.41, 5.74) is -0.218. The van der Waals surface area contributed by atoms with Gasteiger partial charge in [-0.15, -0.1) is 11.3 Å². The van der Waals surface area contributed by atoms with Gasteiger partial charge in [-0.2, -0.15) is 22.0 Å². The highest BCUT2D eigenvalue weighted by molar-refractivity contribution is 7.09. The van der Waals surface area contributed by atoms with Crippen LogP contribution >= 0.6 is 11.3 Å². The third kappa shape index (κ3) is 7.29. The van der Waals surface area contributed by atoms with Crippen molar-refractivity contribution in [2.45, 2.75) is 32.7 Å². The predicted molar refractivity (Wildman–Crippen MR) is 96.7 cm³/mol. The Labute approximate surface area is 162 Å². The number of aromatic nitrogens is 1. The molecule has 0 aliphatic rings. The Hall–Kier alpha value is -2.43. The molecule has 0 saturated heterocycles. The number of hydrogen-bond acceptors (Lipinski definition) is 4. The number of benzene rings is 1. The molecule has 0 spiro atoms. The SMILES string of the molecule is CCNC(=NCc1cccc(OC(F)F)c1)NCCc1nc(C(F)(F)F)cs1. The molecule has 0 bridgehead atoms. The van der Waals surface area contributed by atoms with Crippen molar-refractivity contribution in [3.63, 3.8) is 0 Å². The first-order valence-corrected chi connectivity index (χ1v) is 9.23. The van der Waals surface area contributed by atoms with Crippen LogP contribution in [0, 0.1) is 0 Å². The van der Waals surface area contributed by atoms with Gasteiger partial charge in [0.1, 0.15) is 5.75 Å². The average Bonchev–Trinajstić information content (AvgIpc) is 3.09. The molecular formula is C17H19F5N4OS. The molecule has 0 saturated carbocycles. The summed E-state index contributed by atoms with van der Waals surface area (Å²) in [6, 6.07) is 6.20. The summed E-state index contributed by atoms with van der Waals surface area (Å²) in [4.78, 5) is 7.90. The van der Waals surface area contributed by atoms with Gasteiger partial charge < -0.3 is 15.4 Å². The van der Waals surface area contributed by atoms with Crippen LogP contribution in [0.15, 0.2) is 34.6 Å². The lowest BCUT2D eigenvalue weighted by Crippen LogP contribution is -2.38. The maximum absolute atomic E-state index is 12.6. The molecule has 0 aliphatic heterocycles. The summed E-state index contributed by atoms with van der Waals surface area (Å²) in [5.74, 6) is 0.500. The molecule has 28 heavy (non-hydrogen) atoms. The fourth-order valence-corrected chi connectivity index (χ4v) is 2.98. The van der Waals surface area contributed by atoms with Crippen LogP contribution in [0.4, 0.5) is 22.0 Å². The van der Waals surface area contributed by atoms with E-state index in [9.17, 15) is 22.0 Å². The van der Waals surface area contributed by atoms with Crippen LogP contribution in [-0.4, -0.2) is 30.6 Å². The number of guanidine groups is 1. The summed E-state index contributed by atoms with van der Waals surface area (Å²) in [6.45, 7) is 0.0956. The van der Waals surface area contributed by atoms with Gasteiger partial charge in [0.05, 0.1) is 11.6 Å². The molecule has 2 rings (SSSR count). The van der Waals surface area contributed by atoms with Gasteiger partial charge in [-0.05, 0) is 24.6 Å². The van der Waals surface area contributed by atoms with E-state index in [0.29, 0.717) is 36.0 Å². The second-order valence-electron chi connectivity index (χ2n) is 5.52. The van der Waals surface area contributed by atoms with Crippen molar-refractivity contribution in [2.75, 3.05) is 13.1 Å². The van der Waals surface area contributed by atoms with Crippen LogP contribution in [0.1, 0.15) is 23.2 Å². The number of nitrogens with one attached hydrogen (secondary N) is 2. The smallest absolute Gasteiger partial charge is 0.434 e. The average molecular weight is 422 g/mol. The Morgan fingerprint density at radius 2 is 2.07 bits per heavy atom. The molecule has 0 fully saturated rings. The number of aliphatic imine (C=N–C) groups is 1. The second kappa shape index (κ2) is 10.2. The monoisotopic (exact) mass is 422 g/mol. The van der Waals surface area contributed by atoms with Crippen LogP contribution < -0.4 is 15.4 Å². The lowest BCUT2D eigenvalue weighted by molar-refractivity contribution is -0.140. The number of ether oxygens (including phenoxy) is 1. The summed E-state index contributed by atoms with van der Waals surface area (Å²) >= 11 is 0.951. The zero-order chi connectivity index (χ0) is 20.6. The van der Waals surface area contributed by atoms with E-state index in [0.717, 1.165) is 16.7 Å². The molecule has 0 radical (unpaired) electrons. The standard InChI is InChI=1S/C17H19F5N4OS/c1-2-23-16(24-7-6-14-26-13(10-28-14)17(20,21)22)25-9-11-4-3-5-12(8-11)27-15(18)19/h3-5,8,10,15H,2,6-7,9H2,1H3,(H2,23,24,25). The van der Waals surface area contributed by atoms with Gasteiger partial charge in [0.25, 0.3) is 0 Å². The Morgan fingerprint density at radius 3 is 2.71 bits per heavy atom. The van der Waals surface area contributed by atoms with Crippen molar-refractivity contribution in [3.8, 4) is 5.75 Å². The fourth-order valence-electron chi connectivity index (χ4n) is 2.18. The third-order valence-electron chi connectivity index (χ3n) is 3.36. The van der Waals surface area contributed by atoms with Crippen LogP contribution in [-0.2, 0) is 19.1 Å². The quantitative estimate of drug-likeness (QED) is 0.383. The molecule has 2 aromatic rings. The molecule has 0 atom stereocenters. The molecule has 2 N–H and O–H groups in total. The minimum Gasteiger partial charge on any atom is -0.435 e. The zero-order valence-electron chi connectivity index (χ0n) is 14.9. The van der Waals surface area contributed by atoms with Gasteiger partial charge >= 0.3 is 12.8 Å². The highest BCUT2D eigenvalue weighted by Crippen LogP contribution is 2.30. The number of nitrogens with zero attached hydrogens (tertiary/aromatic N) is 2. The number of rotatable bonds is 8. The van der Waals surface area contributed by atoms with E-state index in [4.69, 9.17) is 0 Å². The highest BCUT2D eigenvalue weighted by Gasteiger charge is 2.33. The Balaban J connectivity index is 1.91. The minimum atomic E-state index is -4.44. The zero-order valence-corrected chi connectivity index (χ0v) is 15.7. The third-order valence-corrected chi connectivity index (χ3v) is 4.27. The number of alkyl halides is 5. The largest absolute Gasteiger partial charge is 0.435 e. The van der Waals surface area contributed by atoms with E-state index in [1.54, 1.807) is 12.1 Å². The van der Waals surface area contributed by atoms with Gasteiger partial charge in [-0.25, -0.2) is 9.98 Å². The molecule has 11 heteroatoms. The fraction of sp³-hybridized carbons (Fsp3) is 0.412. The molecule has 1 aromatic carbocycles. The maximum Gasteiger partial charge on any atom is 0.434 e. The summed E-state index contributed by atoms with van der Waals surface area (Å²) in [7, 11) is 0. The van der Waals surface area contributed by atoms with Crippen molar-refractivity contribution >= 4 is 17.3 Å². The molecule has 0 aliphatic carbocycles. The van der Waals surface area contributed by atoms with E-state index in [-0.39, 0.29) is 12.3 Å². The Kier molecular flexibility index (Phi) is 7.97. The van der Waals surface area contributed by atoms with Crippen molar-refractivity contribution in [1.29, 1.82) is 0 Å². The molecule has 0 amide bonds. The summed E-state index contributed by atoms with van der Waals surface area (Å²) < 4.78 is 66.6. The second-order valence-corrected chi connectivity index (χ2v) is 6.46. The first-order valence-electron chi connectivity index (χ1n) is 8.35. The number of thiazole rings is 1. The van der Waals surface area contributed by atoms with Crippen LogP contribution in [0.2, 0.25) is 0 Å². The number of halogens is 5. The van der Waals surface area contributed by atoms with Gasteiger partial charge in [-0.3, -0.25) is 0 Å². The Morgan fingerprint density at radius 1 is 1.29 bits per heavy atom. The van der Waals surface area contributed by atoms with Crippen molar-refractivity contribution in [1.82, 2.24) is 15.6 Å². The molecule has 1 heterocycles. The topological polar surface area (TPSA) is 58.5 Å². The van der Waals surface area contributed by atoms with Crippen LogP contribution in [0.3, 0.4) is 0 Å². The summed E-state index contributed by atoms with van der Waals surface area (Å²) in [5, 5.41) is 7.37. The van der Waals surface area contributed by atoms with E-state index in [2.05, 4.69) is 25.3 Å². The maximum atomic E-state index is 12.6. The first kappa shape index (κ1) is 21.9. The van der Waals surface area contributed by atoms with Gasteiger partial charge in [0.2, 0.25) is 0 Å². The van der Waals surface area contributed by atoms with E-state index >= 15 is 0 Å². The lowest BCUT2D eigenvalue weighted by Gasteiger charge is -2.11. The van der Waals surface area contributed by atoms with Gasteiger partial charge in [0.15, 0.2) is 11.7 Å². The Bertz CT molecular complexity index is 779. The van der Waals surface area contributed by atoms with E-state index in [1.807, 2.05) is 6.92 Å². The molecule has 0 unspecified atom stereocenters. The normalized spacial score (nSPS) is 12.3. The van der Waals surface area contributed by atoms with Gasteiger partial charge in [0, 0.05) is 24.9 Å². The van der Waals surface area contributed by atoms with E-state index < -0.39 is 18.5 Å².